The summed E-state index contributed by atoms with van der Waals surface area (Å²) in [5.74, 6) is 0. The van der Waals surface area contributed by atoms with E-state index in [4.69, 9.17) is 5.26 Å². The Labute approximate surface area is 131 Å². The average Bonchev–Trinajstić information content (AvgIpc) is 2.50. The molecule has 0 aliphatic heterocycles. The molecule has 0 aromatic heterocycles. The van der Waals surface area contributed by atoms with Crippen LogP contribution in [-0.2, 0) is 16.6 Å². The zero-order valence-corrected chi connectivity index (χ0v) is 13.7. The molecule has 0 spiro atoms. The lowest BCUT2D eigenvalue weighted by molar-refractivity contribution is 0.466. The third kappa shape index (κ3) is 3.35. The molecular formula is C17H18N2O2S. The summed E-state index contributed by atoms with van der Waals surface area (Å²) in [6.07, 6.45) is 0. The van der Waals surface area contributed by atoms with Crippen molar-refractivity contribution in [3.05, 3.63) is 64.7 Å². The zero-order chi connectivity index (χ0) is 16.3. The largest absolute Gasteiger partial charge is 0.243 e. The van der Waals surface area contributed by atoms with E-state index >= 15 is 0 Å². The van der Waals surface area contributed by atoms with E-state index in [0.29, 0.717) is 12.1 Å². The normalized spacial score (nSPS) is 11.4. The van der Waals surface area contributed by atoms with Gasteiger partial charge in [0.25, 0.3) is 0 Å². The van der Waals surface area contributed by atoms with E-state index in [9.17, 15) is 8.42 Å². The molecule has 4 nitrogen and oxygen atoms in total. The molecule has 0 amide bonds. The number of aryl methyl sites for hydroxylation is 2. The van der Waals surface area contributed by atoms with Gasteiger partial charge in [-0.25, -0.2) is 8.42 Å². The van der Waals surface area contributed by atoms with Crippen molar-refractivity contribution in [3.8, 4) is 6.07 Å². The summed E-state index contributed by atoms with van der Waals surface area (Å²) in [5, 5.41) is 8.91. The van der Waals surface area contributed by atoms with Crippen molar-refractivity contribution in [1.82, 2.24) is 4.31 Å². The van der Waals surface area contributed by atoms with Crippen LogP contribution in [0.3, 0.4) is 0 Å². The highest BCUT2D eigenvalue weighted by Gasteiger charge is 2.21. The summed E-state index contributed by atoms with van der Waals surface area (Å²) in [7, 11) is -2.07. The summed E-state index contributed by atoms with van der Waals surface area (Å²) >= 11 is 0. The standard InChI is InChI=1S/C17H18N2O2S/c1-13-7-8-16(14(2)9-13)12-19(3)22(20,21)17-6-4-5-15(10-17)11-18/h4-10H,12H2,1-3H3. The van der Waals surface area contributed by atoms with Crippen molar-refractivity contribution in [2.75, 3.05) is 7.05 Å². The fraction of sp³-hybridized carbons (Fsp3) is 0.235. The third-order valence-electron chi connectivity index (χ3n) is 3.56. The van der Waals surface area contributed by atoms with Crippen molar-refractivity contribution >= 4 is 10.0 Å². The lowest BCUT2D eigenvalue weighted by Crippen LogP contribution is -2.26. The Bertz CT molecular complexity index is 836. The van der Waals surface area contributed by atoms with Crippen LogP contribution in [0.4, 0.5) is 0 Å². The average molecular weight is 314 g/mol. The van der Waals surface area contributed by atoms with Gasteiger partial charge in [-0.15, -0.1) is 0 Å². The van der Waals surface area contributed by atoms with Crippen LogP contribution in [0.2, 0.25) is 0 Å². The van der Waals surface area contributed by atoms with Gasteiger partial charge in [-0.05, 0) is 43.2 Å². The molecule has 114 valence electrons. The first-order valence-electron chi connectivity index (χ1n) is 6.87. The third-order valence-corrected chi connectivity index (χ3v) is 5.36. The summed E-state index contributed by atoms with van der Waals surface area (Å²) in [6.45, 7) is 4.27. The Balaban J connectivity index is 2.31. The van der Waals surface area contributed by atoms with Crippen LogP contribution in [0.1, 0.15) is 22.3 Å². The number of sulfonamides is 1. The molecule has 0 fully saturated rings. The highest BCUT2D eigenvalue weighted by Crippen LogP contribution is 2.19. The SMILES string of the molecule is Cc1ccc(CN(C)S(=O)(=O)c2cccc(C#N)c2)c(C)c1. The Morgan fingerprint density at radius 3 is 2.50 bits per heavy atom. The molecule has 0 bridgehead atoms. The maximum atomic E-state index is 12.6. The minimum atomic E-state index is -3.61. The van der Waals surface area contributed by atoms with Crippen LogP contribution in [0.25, 0.3) is 0 Å². The first kappa shape index (κ1) is 16.2. The predicted molar refractivity (Wildman–Crippen MR) is 85.7 cm³/mol. The maximum Gasteiger partial charge on any atom is 0.243 e. The number of rotatable bonds is 4. The second-order valence-electron chi connectivity index (χ2n) is 5.33. The number of benzene rings is 2. The van der Waals surface area contributed by atoms with Crippen LogP contribution >= 0.6 is 0 Å². The minimum absolute atomic E-state index is 0.138. The molecule has 0 aliphatic carbocycles. The van der Waals surface area contributed by atoms with Gasteiger partial charge in [0.2, 0.25) is 10.0 Å². The molecule has 22 heavy (non-hydrogen) atoms. The molecular weight excluding hydrogens is 296 g/mol. The van der Waals surface area contributed by atoms with Crippen molar-refractivity contribution in [1.29, 1.82) is 5.26 Å². The number of nitrogens with zero attached hydrogens (tertiary/aromatic N) is 2. The minimum Gasteiger partial charge on any atom is -0.207 e. The molecule has 5 heteroatoms. The summed E-state index contributed by atoms with van der Waals surface area (Å²) in [6, 6.07) is 14.0. The highest BCUT2D eigenvalue weighted by atomic mass is 32.2. The summed E-state index contributed by atoms with van der Waals surface area (Å²) < 4.78 is 26.5. The van der Waals surface area contributed by atoms with Gasteiger partial charge >= 0.3 is 0 Å². The van der Waals surface area contributed by atoms with Gasteiger partial charge in [0, 0.05) is 13.6 Å². The van der Waals surface area contributed by atoms with E-state index < -0.39 is 10.0 Å². The molecule has 2 aromatic carbocycles. The van der Waals surface area contributed by atoms with Gasteiger partial charge in [0.05, 0.1) is 16.5 Å². The first-order valence-corrected chi connectivity index (χ1v) is 8.31. The van der Waals surface area contributed by atoms with E-state index in [1.807, 2.05) is 38.1 Å². The van der Waals surface area contributed by atoms with Crippen LogP contribution in [0.15, 0.2) is 47.4 Å². The molecule has 2 rings (SSSR count). The zero-order valence-electron chi connectivity index (χ0n) is 12.9. The number of hydrogen-bond donors (Lipinski definition) is 0. The molecule has 0 atom stereocenters. The molecule has 0 aliphatic rings. The quantitative estimate of drug-likeness (QED) is 0.871. The van der Waals surface area contributed by atoms with Crippen molar-refractivity contribution in [2.24, 2.45) is 0 Å². The monoisotopic (exact) mass is 314 g/mol. The smallest absolute Gasteiger partial charge is 0.207 e. The lowest BCUT2D eigenvalue weighted by Gasteiger charge is -2.18. The maximum absolute atomic E-state index is 12.6. The van der Waals surface area contributed by atoms with Crippen molar-refractivity contribution < 1.29 is 8.42 Å². The number of hydrogen-bond acceptors (Lipinski definition) is 3. The van der Waals surface area contributed by atoms with E-state index in [-0.39, 0.29) is 4.90 Å². The Hall–Kier alpha value is -2.16. The number of nitriles is 1. The molecule has 0 heterocycles. The van der Waals surface area contributed by atoms with E-state index in [1.165, 1.54) is 16.4 Å². The molecule has 0 saturated heterocycles. The Morgan fingerprint density at radius 1 is 1.14 bits per heavy atom. The molecule has 0 radical (unpaired) electrons. The molecule has 0 N–H and O–H groups in total. The fourth-order valence-corrected chi connectivity index (χ4v) is 3.45. The van der Waals surface area contributed by atoms with Crippen molar-refractivity contribution in [3.63, 3.8) is 0 Å². The van der Waals surface area contributed by atoms with Crippen LogP contribution in [0, 0.1) is 25.2 Å². The van der Waals surface area contributed by atoms with Crippen LogP contribution in [0.5, 0.6) is 0 Å². The van der Waals surface area contributed by atoms with Crippen molar-refractivity contribution in [2.45, 2.75) is 25.3 Å². The molecule has 2 aromatic rings. The summed E-state index contributed by atoms with van der Waals surface area (Å²) in [4.78, 5) is 0.138. The second kappa shape index (κ2) is 6.30. The van der Waals surface area contributed by atoms with Crippen LogP contribution in [-0.4, -0.2) is 19.8 Å². The molecule has 0 saturated carbocycles. The van der Waals surface area contributed by atoms with E-state index in [1.54, 1.807) is 19.2 Å². The summed E-state index contributed by atoms with van der Waals surface area (Å²) in [5.41, 5.74) is 3.51. The van der Waals surface area contributed by atoms with Gasteiger partial charge in [-0.1, -0.05) is 29.8 Å². The highest BCUT2D eigenvalue weighted by molar-refractivity contribution is 7.89. The fourth-order valence-electron chi connectivity index (χ4n) is 2.25. The van der Waals surface area contributed by atoms with Gasteiger partial charge in [0.15, 0.2) is 0 Å². The first-order chi connectivity index (χ1) is 10.3. The predicted octanol–water partition coefficient (Wildman–Crippen LogP) is 3.00. The topological polar surface area (TPSA) is 61.2 Å². The van der Waals surface area contributed by atoms with E-state index in [2.05, 4.69) is 0 Å². The van der Waals surface area contributed by atoms with Gasteiger partial charge in [0.1, 0.15) is 0 Å². The Morgan fingerprint density at radius 2 is 1.86 bits per heavy atom. The Kier molecular flexibility index (Phi) is 4.65. The molecule has 0 unspecified atom stereocenters. The van der Waals surface area contributed by atoms with E-state index in [0.717, 1.165) is 16.7 Å². The van der Waals surface area contributed by atoms with Gasteiger partial charge in [-0.3, -0.25) is 0 Å². The lowest BCUT2D eigenvalue weighted by atomic mass is 10.1. The van der Waals surface area contributed by atoms with Crippen LogP contribution < -0.4 is 0 Å². The van der Waals surface area contributed by atoms with Gasteiger partial charge in [-0.2, -0.15) is 9.57 Å². The second-order valence-corrected chi connectivity index (χ2v) is 7.38. The van der Waals surface area contributed by atoms with Gasteiger partial charge < -0.3 is 0 Å².